The lowest BCUT2D eigenvalue weighted by Crippen LogP contribution is -2.34. The summed E-state index contributed by atoms with van der Waals surface area (Å²) in [6, 6.07) is 0. The Balaban J connectivity index is 1.17. The lowest BCUT2D eigenvalue weighted by Gasteiger charge is -2.20. The van der Waals surface area contributed by atoms with Crippen molar-refractivity contribution in [2.24, 2.45) is 5.73 Å². The van der Waals surface area contributed by atoms with Crippen molar-refractivity contribution in [1.29, 1.82) is 0 Å². The molecule has 244 valence electrons. The van der Waals surface area contributed by atoms with Gasteiger partial charge in [0.05, 0.1) is 25.9 Å². The minimum Gasteiger partial charge on any atom is -0.387 e. The Morgan fingerprint density at radius 3 is 1.98 bits per heavy atom. The summed E-state index contributed by atoms with van der Waals surface area (Å²) in [4.78, 5) is 47.1. The molecule has 4 unspecified atom stereocenters. The molecule has 22 nitrogen and oxygen atoms in total. The van der Waals surface area contributed by atoms with Crippen LogP contribution in [-0.2, 0) is 32.0 Å². The summed E-state index contributed by atoms with van der Waals surface area (Å²) in [6.07, 6.45) is -3.65. The van der Waals surface area contributed by atoms with Gasteiger partial charge in [0.2, 0.25) is 0 Å². The normalized spacial score (nSPS) is 31.0. The molecule has 45 heavy (non-hydrogen) atoms. The fraction of sp³-hybridized carbons (Fsp3) is 0.476. The molecular formula is C21H26N8O14P2. The monoisotopic (exact) mass is 676 g/mol. The molecule has 0 saturated carbocycles. The number of amides is 1. The van der Waals surface area contributed by atoms with Crippen molar-refractivity contribution < 1.29 is 67.0 Å². The Hall–Kier alpha value is -3.39. The van der Waals surface area contributed by atoms with Crippen LogP contribution in [0.25, 0.3) is 11.2 Å². The lowest BCUT2D eigenvalue weighted by molar-refractivity contribution is -0.0542. The molecule has 0 bridgehead atoms. The number of nitrogens with two attached hydrogens (primary N) is 2. The second-order valence-electron chi connectivity index (χ2n) is 9.64. The van der Waals surface area contributed by atoms with Crippen molar-refractivity contribution in [3.63, 3.8) is 0 Å². The Kier molecular flexibility index (Phi) is 9.11. The number of ether oxygens (including phenoxy) is 2. The minimum atomic E-state index is -5.42. The molecule has 2 fully saturated rings. The Labute approximate surface area is 251 Å². The smallest absolute Gasteiger partial charge is 0.387 e. The van der Waals surface area contributed by atoms with E-state index in [-0.39, 0.29) is 28.4 Å². The summed E-state index contributed by atoms with van der Waals surface area (Å²) in [7, 11) is -10.8. The molecule has 3 aromatic rings. The molecule has 24 heteroatoms. The summed E-state index contributed by atoms with van der Waals surface area (Å²) in [5.41, 5.74) is 10.8. The first-order valence-electron chi connectivity index (χ1n) is 12.6. The number of phosphoric acid groups is 2. The second-order valence-corrected chi connectivity index (χ2v) is 12.7. The highest BCUT2D eigenvalue weighted by Gasteiger charge is 2.48. The molecule has 1 amide bonds. The van der Waals surface area contributed by atoms with Gasteiger partial charge in [-0.15, -0.1) is 6.42 Å². The number of hydrogen-bond donors (Lipinski definition) is 8. The van der Waals surface area contributed by atoms with E-state index >= 15 is 0 Å². The predicted octanol–water partition coefficient (Wildman–Crippen LogP) is -3.13. The van der Waals surface area contributed by atoms with Crippen molar-refractivity contribution >= 4 is 38.5 Å². The van der Waals surface area contributed by atoms with Crippen molar-refractivity contribution in [1.82, 2.24) is 29.1 Å². The molecule has 3 aromatic heterocycles. The second kappa shape index (κ2) is 12.4. The number of anilines is 1. The highest BCUT2D eigenvalue weighted by molar-refractivity contribution is 7.61. The van der Waals surface area contributed by atoms with Gasteiger partial charge in [-0.1, -0.05) is 0 Å². The van der Waals surface area contributed by atoms with Gasteiger partial charge in [0.1, 0.15) is 54.2 Å². The number of aromatic nitrogens is 6. The fourth-order valence-electron chi connectivity index (χ4n) is 4.64. The van der Waals surface area contributed by atoms with Gasteiger partial charge in [0.25, 0.3) is 5.91 Å². The zero-order valence-electron chi connectivity index (χ0n) is 22.5. The number of fused-ring (bicyclic) bond motifs is 1. The van der Waals surface area contributed by atoms with Crippen LogP contribution in [0.2, 0.25) is 0 Å². The van der Waals surface area contributed by atoms with Crippen LogP contribution in [0, 0.1) is 12.3 Å². The predicted molar refractivity (Wildman–Crippen MR) is 143 cm³/mol. The average molecular weight is 676 g/mol. The molecule has 5 rings (SSSR count). The number of phosphoric ester groups is 2. The first-order chi connectivity index (χ1) is 21.1. The number of aliphatic hydroxyl groups excluding tert-OH is 4. The molecule has 10 atom stereocenters. The fourth-order valence-corrected chi connectivity index (χ4v) is 6.73. The largest absolute Gasteiger partial charge is 0.481 e. The first kappa shape index (κ1) is 33.0. The van der Waals surface area contributed by atoms with E-state index in [1.165, 1.54) is 10.9 Å². The van der Waals surface area contributed by atoms with Crippen LogP contribution < -0.4 is 11.5 Å². The number of carbonyl (C=O) groups excluding carboxylic acids is 1. The van der Waals surface area contributed by atoms with E-state index in [1.807, 2.05) is 0 Å². The molecule has 0 radical (unpaired) electrons. The molecule has 0 aliphatic carbocycles. The molecule has 2 saturated heterocycles. The van der Waals surface area contributed by atoms with Gasteiger partial charge in [0.15, 0.2) is 29.6 Å². The van der Waals surface area contributed by atoms with Crippen LogP contribution >= 0.6 is 15.6 Å². The Bertz CT molecular complexity index is 1730. The maximum absolute atomic E-state index is 12.4. The van der Waals surface area contributed by atoms with Gasteiger partial charge in [-0.05, 0) is 5.92 Å². The molecule has 0 spiro atoms. The van der Waals surface area contributed by atoms with E-state index in [1.54, 1.807) is 0 Å². The summed E-state index contributed by atoms with van der Waals surface area (Å²) >= 11 is 0. The number of imidazole rings is 2. The number of hydrogen-bond acceptors (Lipinski definition) is 17. The van der Waals surface area contributed by atoms with E-state index in [2.05, 4.69) is 34.7 Å². The van der Waals surface area contributed by atoms with Gasteiger partial charge in [-0.3, -0.25) is 23.0 Å². The van der Waals surface area contributed by atoms with Gasteiger partial charge in [-0.2, -0.15) is 4.31 Å². The van der Waals surface area contributed by atoms with E-state index in [4.69, 9.17) is 31.9 Å². The molecular weight excluding hydrogens is 650 g/mol. The van der Waals surface area contributed by atoms with Crippen LogP contribution in [-0.4, -0.2) is 115 Å². The highest BCUT2D eigenvalue weighted by Crippen LogP contribution is 2.60. The quantitative estimate of drug-likeness (QED) is 0.0735. The van der Waals surface area contributed by atoms with E-state index in [0.29, 0.717) is 0 Å². The van der Waals surface area contributed by atoms with E-state index in [9.17, 15) is 44.1 Å². The number of nitrogens with zero attached hydrogens (tertiary/aromatic N) is 6. The third kappa shape index (κ3) is 6.49. The van der Waals surface area contributed by atoms with Crippen LogP contribution in [0.15, 0.2) is 19.0 Å². The number of terminal acetylenes is 1. The number of nitrogen functional groups attached to an aromatic ring is 1. The zero-order valence-corrected chi connectivity index (χ0v) is 24.3. The third-order valence-corrected chi connectivity index (χ3v) is 9.39. The summed E-state index contributed by atoms with van der Waals surface area (Å²) in [6.45, 7) is -1.88. The summed E-state index contributed by atoms with van der Waals surface area (Å²) < 4.78 is 51.8. The zero-order chi connectivity index (χ0) is 32.8. The highest BCUT2D eigenvalue weighted by atomic mass is 31.3. The van der Waals surface area contributed by atoms with Crippen molar-refractivity contribution in [2.45, 2.75) is 49.1 Å². The van der Waals surface area contributed by atoms with Gasteiger partial charge >= 0.3 is 15.6 Å². The number of rotatable bonds is 11. The maximum Gasteiger partial charge on any atom is 0.481 e. The molecule has 5 heterocycles. The van der Waals surface area contributed by atoms with Gasteiger partial charge in [-0.25, -0.2) is 29.1 Å². The topological polar surface area (TPSA) is 332 Å². The minimum absolute atomic E-state index is 0.0423. The molecule has 2 aliphatic heterocycles. The molecule has 2 aliphatic rings. The Morgan fingerprint density at radius 2 is 1.44 bits per heavy atom. The van der Waals surface area contributed by atoms with Gasteiger partial charge in [0, 0.05) is 0 Å². The first-order valence-corrected chi connectivity index (χ1v) is 15.6. The standard InChI is InChI=1S/C21H26N8O14P2/c1-2-8-11(18(23)34)26-6-28(8)20-15(32)13(30)9(41-20)3-39-44(35,36)43-45(37,38)40-4-10-14(31)16(33)21(42-10)29-7-27-12-17(22)24-5-25-19(12)29/h1,5-7,9-10,13-16,20-21,30-33H,3-4H2,(H2,23,34)(H,35,36)(H,37,38)(H2,22,24,25)/t9-,10-,13?,14+,15+,16?,20-,21-/m1/s1. The van der Waals surface area contributed by atoms with Crippen molar-refractivity contribution in [3.05, 3.63) is 30.4 Å². The summed E-state index contributed by atoms with van der Waals surface area (Å²) in [5, 5.41) is 41.7. The average Bonchev–Trinajstić information content (AvgIpc) is 3.72. The lowest BCUT2D eigenvalue weighted by atomic mass is 10.1. The number of primary amides is 1. The third-order valence-electron chi connectivity index (χ3n) is 6.78. The van der Waals surface area contributed by atoms with Crippen LogP contribution in [0.4, 0.5) is 5.82 Å². The summed E-state index contributed by atoms with van der Waals surface area (Å²) in [5.74, 6) is 1.23. The molecule has 10 N–H and O–H groups in total. The van der Waals surface area contributed by atoms with E-state index < -0.39 is 83.8 Å². The van der Waals surface area contributed by atoms with Crippen molar-refractivity contribution in [3.8, 4) is 12.3 Å². The van der Waals surface area contributed by atoms with Crippen LogP contribution in [0.5, 0.6) is 0 Å². The Morgan fingerprint density at radius 1 is 0.911 bits per heavy atom. The van der Waals surface area contributed by atoms with Crippen molar-refractivity contribution in [2.75, 3.05) is 18.9 Å². The molecule has 0 aromatic carbocycles. The van der Waals surface area contributed by atoms with Crippen LogP contribution in [0.3, 0.4) is 0 Å². The maximum atomic E-state index is 12.4. The van der Waals surface area contributed by atoms with E-state index in [0.717, 1.165) is 17.2 Å². The number of aliphatic hydroxyl groups is 4. The number of carbonyl (C=O) groups is 1. The van der Waals surface area contributed by atoms with Crippen LogP contribution in [0.1, 0.15) is 28.6 Å². The van der Waals surface area contributed by atoms with Gasteiger partial charge < -0.3 is 51.2 Å². The SMILES string of the molecule is C#Cc1c(C(N)=O)ncn1[C@@H]1O[C@H](COP(=O)(O)OP(=O)(O)OC[C@H]2O[C@@H](n3cnc4c(N)ncnc43)C(O)[C@H]2O)C(O)[C@@H]1O.